The molecule has 0 spiro atoms. The van der Waals surface area contributed by atoms with Gasteiger partial charge in [-0.3, -0.25) is 0 Å². The number of hydrogen-bond acceptors (Lipinski definition) is 2. The van der Waals surface area contributed by atoms with Crippen LogP contribution in [0.2, 0.25) is 0 Å². The van der Waals surface area contributed by atoms with Crippen LogP contribution in [0.1, 0.15) is 12.0 Å². The molecule has 0 radical (unpaired) electrons. The van der Waals surface area contributed by atoms with E-state index < -0.39 is 0 Å². The van der Waals surface area contributed by atoms with Crippen LogP contribution in [-0.2, 0) is 11.3 Å². The Labute approximate surface area is 115 Å². The molecule has 92 valence electrons. The summed E-state index contributed by atoms with van der Waals surface area (Å²) in [5, 5.41) is 3.31. The van der Waals surface area contributed by atoms with E-state index in [1.54, 1.807) is 0 Å². The summed E-state index contributed by atoms with van der Waals surface area (Å²) in [4.78, 5) is 0. The number of fused-ring (bicyclic) bond motifs is 1. The molecule has 0 amide bonds. The molecule has 1 heterocycles. The fourth-order valence-electron chi connectivity index (χ4n) is 2.16. The van der Waals surface area contributed by atoms with Gasteiger partial charge in [-0.2, -0.15) is 0 Å². The average Bonchev–Trinajstić information content (AvgIpc) is 2.84. The lowest BCUT2D eigenvalue weighted by Crippen LogP contribution is -2.23. The Bertz CT molecular complexity index is 531. The first-order valence-electron chi connectivity index (χ1n) is 6.02. The SMILES string of the molecule is BrC1=C(OCc2ccccc2)C=C2C=CNC2C1. The highest BCUT2D eigenvalue weighted by Crippen LogP contribution is 2.32. The predicted molar refractivity (Wildman–Crippen MR) is 75.9 cm³/mol. The molecule has 18 heavy (non-hydrogen) atoms. The minimum atomic E-state index is 0.406. The third kappa shape index (κ3) is 2.36. The van der Waals surface area contributed by atoms with Gasteiger partial charge in [-0.05, 0) is 29.5 Å². The first-order valence-corrected chi connectivity index (χ1v) is 6.82. The monoisotopic (exact) mass is 303 g/mol. The summed E-state index contributed by atoms with van der Waals surface area (Å²) in [7, 11) is 0. The summed E-state index contributed by atoms with van der Waals surface area (Å²) in [6, 6.07) is 10.6. The minimum Gasteiger partial charge on any atom is -0.488 e. The number of ether oxygens (including phenoxy) is 1. The fraction of sp³-hybridized carbons (Fsp3) is 0.200. The van der Waals surface area contributed by atoms with Crippen LogP contribution in [0, 0.1) is 0 Å². The second kappa shape index (κ2) is 5.02. The molecule has 1 atom stereocenters. The van der Waals surface area contributed by atoms with Crippen LogP contribution in [-0.4, -0.2) is 6.04 Å². The van der Waals surface area contributed by atoms with Gasteiger partial charge in [-0.1, -0.05) is 46.3 Å². The summed E-state index contributed by atoms with van der Waals surface area (Å²) < 4.78 is 7.01. The van der Waals surface area contributed by atoms with Gasteiger partial charge in [-0.15, -0.1) is 0 Å². The second-order valence-corrected chi connectivity index (χ2v) is 5.40. The quantitative estimate of drug-likeness (QED) is 0.921. The molecule has 1 N–H and O–H groups in total. The van der Waals surface area contributed by atoms with Crippen LogP contribution in [0.25, 0.3) is 0 Å². The van der Waals surface area contributed by atoms with E-state index >= 15 is 0 Å². The van der Waals surface area contributed by atoms with E-state index in [0.717, 1.165) is 16.7 Å². The maximum absolute atomic E-state index is 5.88. The van der Waals surface area contributed by atoms with Crippen molar-refractivity contribution in [1.29, 1.82) is 0 Å². The highest BCUT2D eigenvalue weighted by molar-refractivity contribution is 9.11. The number of nitrogens with one attached hydrogen (secondary N) is 1. The largest absolute Gasteiger partial charge is 0.488 e. The summed E-state index contributed by atoms with van der Waals surface area (Å²) in [6.07, 6.45) is 7.16. The standard InChI is InChI=1S/C15H14BrNO/c16-13-9-14-12(6-7-17-14)8-15(13)18-10-11-4-2-1-3-5-11/h1-8,14,17H,9-10H2. The lowest BCUT2D eigenvalue weighted by Gasteiger charge is -2.21. The molecule has 0 bridgehead atoms. The normalized spacial score (nSPS) is 21.4. The van der Waals surface area contributed by atoms with Crippen LogP contribution in [0.3, 0.4) is 0 Å². The van der Waals surface area contributed by atoms with Crippen molar-refractivity contribution in [2.45, 2.75) is 19.1 Å². The van der Waals surface area contributed by atoms with E-state index in [2.05, 4.69) is 45.5 Å². The van der Waals surface area contributed by atoms with Gasteiger partial charge in [0.2, 0.25) is 0 Å². The Balaban J connectivity index is 1.71. The van der Waals surface area contributed by atoms with Gasteiger partial charge in [0.1, 0.15) is 12.4 Å². The van der Waals surface area contributed by atoms with E-state index in [9.17, 15) is 0 Å². The summed E-state index contributed by atoms with van der Waals surface area (Å²) >= 11 is 3.61. The van der Waals surface area contributed by atoms with E-state index in [1.807, 2.05) is 24.4 Å². The first kappa shape index (κ1) is 11.6. The van der Waals surface area contributed by atoms with Crippen molar-refractivity contribution in [2.24, 2.45) is 0 Å². The van der Waals surface area contributed by atoms with Crippen LogP contribution in [0.5, 0.6) is 0 Å². The maximum atomic E-state index is 5.88. The van der Waals surface area contributed by atoms with Gasteiger partial charge < -0.3 is 10.1 Å². The fourth-order valence-corrected chi connectivity index (χ4v) is 2.72. The van der Waals surface area contributed by atoms with Crippen LogP contribution in [0.4, 0.5) is 0 Å². The van der Waals surface area contributed by atoms with Gasteiger partial charge in [-0.25, -0.2) is 0 Å². The van der Waals surface area contributed by atoms with Crippen LogP contribution >= 0.6 is 15.9 Å². The second-order valence-electron chi connectivity index (χ2n) is 4.44. The smallest absolute Gasteiger partial charge is 0.130 e. The molecule has 0 fully saturated rings. The number of hydrogen-bond donors (Lipinski definition) is 1. The van der Waals surface area contributed by atoms with Gasteiger partial charge >= 0.3 is 0 Å². The molecule has 3 rings (SSSR count). The Hall–Kier alpha value is -1.48. The van der Waals surface area contributed by atoms with Gasteiger partial charge in [0.25, 0.3) is 0 Å². The zero-order chi connectivity index (χ0) is 12.4. The first-order chi connectivity index (χ1) is 8.83. The minimum absolute atomic E-state index is 0.406. The molecule has 0 aromatic heterocycles. The molecule has 0 saturated carbocycles. The number of allylic oxidation sites excluding steroid dienone is 1. The lowest BCUT2D eigenvalue weighted by molar-refractivity contribution is 0.207. The number of rotatable bonds is 3. The highest BCUT2D eigenvalue weighted by Gasteiger charge is 2.23. The summed E-state index contributed by atoms with van der Waals surface area (Å²) in [6.45, 7) is 0.608. The van der Waals surface area contributed by atoms with Gasteiger partial charge in [0.15, 0.2) is 0 Å². The predicted octanol–water partition coefficient (Wildman–Crippen LogP) is 3.63. The molecule has 3 heteroatoms. The molecule has 1 aliphatic carbocycles. The van der Waals surface area contributed by atoms with Crippen molar-refractivity contribution in [3.63, 3.8) is 0 Å². The third-order valence-electron chi connectivity index (χ3n) is 3.16. The van der Waals surface area contributed by atoms with E-state index in [0.29, 0.717) is 12.6 Å². The van der Waals surface area contributed by atoms with Crippen molar-refractivity contribution in [3.05, 3.63) is 70.1 Å². The molecular formula is C15H14BrNO. The Morgan fingerprint density at radius 2 is 2.11 bits per heavy atom. The summed E-state index contributed by atoms with van der Waals surface area (Å²) in [5.41, 5.74) is 2.48. The number of halogens is 1. The molecule has 1 aliphatic heterocycles. The molecular weight excluding hydrogens is 290 g/mol. The number of benzene rings is 1. The lowest BCUT2D eigenvalue weighted by atomic mass is 10.0. The van der Waals surface area contributed by atoms with Crippen molar-refractivity contribution in [3.8, 4) is 0 Å². The van der Waals surface area contributed by atoms with Crippen molar-refractivity contribution >= 4 is 15.9 Å². The molecule has 2 nitrogen and oxygen atoms in total. The highest BCUT2D eigenvalue weighted by atomic mass is 79.9. The Morgan fingerprint density at radius 3 is 2.94 bits per heavy atom. The molecule has 1 unspecified atom stereocenters. The summed E-state index contributed by atoms with van der Waals surface area (Å²) in [5.74, 6) is 0.943. The maximum Gasteiger partial charge on any atom is 0.130 e. The zero-order valence-corrected chi connectivity index (χ0v) is 11.5. The van der Waals surface area contributed by atoms with E-state index in [1.165, 1.54) is 11.1 Å². The van der Waals surface area contributed by atoms with Crippen LogP contribution < -0.4 is 5.32 Å². The Morgan fingerprint density at radius 1 is 1.28 bits per heavy atom. The van der Waals surface area contributed by atoms with E-state index in [-0.39, 0.29) is 0 Å². The van der Waals surface area contributed by atoms with Gasteiger partial charge in [0.05, 0.1) is 6.04 Å². The van der Waals surface area contributed by atoms with Gasteiger partial charge in [0, 0.05) is 10.9 Å². The van der Waals surface area contributed by atoms with E-state index in [4.69, 9.17) is 4.74 Å². The van der Waals surface area contributed by atoms with Crippen molar-refractivity contribution in [1.82, 2.24) is 5.32 Å². The average molecular weight is 304 g/mol. The third-order valence-corrected chi connectivity index (χ3v) is 3.88. The molecule has 2 aliphatic rings. The van der Waals surface area contributed by atoms with Crippen molar-refractivity contribution in [2.75, 3.05) is 0 Å². The molecule has 1 aromatic carbocycles. The zero-order valence-electron chi connectivity index (χ0n) is 9.90. The van der Waals surface area contributed by atoms with Crippen molar-refractivity contribution < 1.29 is 4.74 Å². The topological polar surface area (TPSA) is 21.3 Å². The molecule has 1 aromatic rings. The molecule has 0 saturated heterocycles. The Kier molecular flexibility index (Phi) is 3.24. The van der Waals surface area contributed by atoms with Crippen LogP contribution in [0.15, 0.2) is 64.5 Å².